The molecule has 0 aliphatic heterocycles. The van der Waals surface area contributed by atoms with Crippen molar-refractivity contribution in [1.82, 2.24) is 0 Å². The molecule has 0 heterocycles. The average Bonchev–Trinajstić information content (AvgIpc) is 1.98. The van der Waals surface area contributed by atoms with Gasteiger partial charge in [-0.2, -0.15) is 35.1 Å². The zero-order valence-corrected chi connectivity index (χ0v) is 8.28. The van der Waals surface area contributed by atoms with Crippen molar-refractivity contribution in [1.29, 1.82) is 0 Å². The largest absolute Gasteiger partial charge is 0.428 e. The second-order valence-corrected chi connectivity index (χ2v) is 3.58. The molecule has 0 aliphatic carbocycles. The summed E-state index contributed by atoms with van der Waals surface area (Å²) in [5.41, 5.74) is -11.3. The molecule has 0 fully saturated rings. The Morgan fingerprint density at radius 1 is 0.471 bits per heavy atom. The third-order valence-electron chi connectivity index (χ3n) is 2.24. The van der Waals surface area contributed by atoms with Crippen LogP contribution in [0.1, 0.15) is 13.8 Å². The van der Waals surface area contributed by atoms with Crippen LogP contribution in [0.2, 0.25) is 0 Å². The zero-order valence-electron chi connectivity index (χ0n) is 8.28. The monoisotopic (exact) mass is 280 g/mol. The lowest BCUT2D eigenvalue weighted by Crippen LogP contribution is -2.66. The van der Waals surface area contributed by atoms with Crippen LogP contribution in [0.15, 0.2) is 0 Å². The van der Waals surface area contributed by atoms with Crippen molar-refractivity contribution in [2.45, 2.75) is 43.5 Å². The van der Waals surface area contributed by atoms with Crippen molar-refractivity contribution >= 4 is 0 Å². The molecule has 104 valence electrons. The summed E-state index contributed by atoms with van der Waals surface area (Å²) in [5, 5.41) is 0. The maximum atomic E-state index is 12.8. The molecule has 0 nitrogen and oxygen atoms in total. The van der Waals surface area contributed by atoms with E-state index in [1.54, 1.807) is 0 Å². The molecule has 0 aromatic heterocycles. The second kappa shape index (κ2) is 3.64. The van der Waals surface area contributed by atoms with Crippen LogP contribution in [0.4, 0.5) is 43.9 Å². The molecule has 0 radical (unpaired) electrons. The maximum absolute atomic E-state index is 12.8. The summed E-state index contributed by atoms with van der Waals surface area (Å²) in [6.07, 6.45) is -12.7. The van der Waals surface area contributed by atoms with Gasteiger partial charge in [-0.15, -0.1) is 0 Å². The fourth-order valence-electron chi connectivity index (χ4n) is 0.797. The van der Waals surface area contributed by atoms with Gasteiger partial charge in [0.15, 0.2) is 0 Å². The van der Waals surface area contributed by atoms with E-state index in [1.165, 1.54) is 0 Å². The van der Waals surface area contributed by atoms with Gasteiger partial charge in [0.05, 0.1) is 0 Å². The Hall–Kier alpha value is -0.700. The van der Waals surface area contributed by atoms with E-state index < -0.39 is 43.5 Å². The average molecular weight is 280 g/mol. The third kappa shape index (κ3) is 2.17. The van der Waals surface area contributed by atoms with Crippen LogP contribution >= 0.6 is 0 Å². The van der Waals surface area contributed by atoms with Crippen molar-refractivity contribution < 1.29 is 43.9 Å². The SMILES string of the molecule is CC(F)(C(F)(F)F)C(F)(F)C(C)(F)C(F)(F)F. The van der Waals surface area contributed by atoms with Crippen LogP contribution in [0.25, 0.3) is 0 Å². The maximum Gasteiger partial charge on any atom is 0.428 e. The summed E-state index contributed by atoms with van der Waals surface area (Å²) in [5.74, 6) is -6.32. The molecular weight excluding hydrogens is 274 g/mol. The van der Waals surface area contributed by atoms with E-state index in [9.17, 15) is 43.9 Å². The van der Waals surface area contributed by atoms with Crippen molar-refractivity contribution in [3.05, 3.63) is 0 Å². The van der Waals surface area contributed by atoms with Gasteiger partial charge in [-0.1, -0.05) is 0 Å². The summed E-state index contributed by atoms with van der Waals surface area (Å²) in [4.78, 5) is 0. The first-order valence-corrected chi connectivity index (χ1v) is 3.89. The highest BCUT2D eigenvalue weighted by molar-refractivity contribution is 5.09. The van der Waals surface area contributed by atoms with Crippen molar-refractivity contribution in [3.8, 4) is 0 Å². The summed E-state index contributed by atoms with van der Waals surface area (Å²) < 4.78 is 122. The molecule has 0 saturated heterocycles. The molecular formula is C7H6F10. The topological polar surface area (TPSA) is 0 Å². The lowest BCUT2D eigenvalue weighted by atomic mass is 9.86. The Balaban J connectivity index is 5.73. The first kappa shape index (κ1) is 16.3. The van der Waals surface area contributed by atoms with Gasteiger partial charge >= 0.3 is 18.3 Å². The lowest BCUT2D eigenvalue weighted by molar-refractivity contribution is -0.368. The van der Waals surface area contributed by atoms with Crippen molar-refractivity contribution in [2.24, 2.45) is 0 Å². The van der Waals surface area contributed by atoms with Gasteiger partial charge in [-0.05, 0) is 13.8 Å². The van der Waals surface area contributed by atoms with Crippen LogP contribution in [-0.4, -0.2) is 29.6 Å². The predicted octanol–water partition coefficient (Wildman–Crippen LogP) is 4.20. The molecule has 0 aromatic carbocycles. The van der Waals surface area contributed by atoms with Gasteiger partial charge < -0.3 is 0 Å². The number of hydrogen-bond acceptors (Lipinski definition) is 0. The van der Waals surface area contributed by atoms with Crippen LogP contribution in [0, 0.1) is 0 Å². The molecule has 0 N–H and O–H groups in total. The van der Waals surface area contributed by atoms with E-state index in [-0.39, 0.29) is 0 Å². The van der Waals surface area contributed by atoms with E-state index in [2.05, 4.69) is 0 Å². The first-order chi connectivity index (χ1) is 7.00. The van der Waals surface area contributed by atoms with Gasteiger partial charge in [0.1, 0.15) is 0 Å². The number of halogens is 10. The standard InChI is InChI=1S/C7H6F10/c1-3(8,6(12,13)14)5(10,11)4(2,9)7(15,16)17/h1-2H3. The van der Waals surface area contributed by atoms with E-state index in [0.29, 0.717) is 0 Å². The van der Waals surface area contributed by atoms with Crippen molar-refractivity contribution in [3.63, 3.8) is 0 Å². The molecule has 0 saturated carbocycles. The Morgan fingerprint density at radius 2 is 0.647 bits per heavy atom. The Kier molecular flexibility index (Phi) is 3.49. The van der Waals surface area contributed by atoms with Crippen LogP contribution in [0.3, 0.4) is 0 Å². The van der Waals surface area contributed by atoms with Gasteiger partial charge in [-0.25, -0.2) is 8.78 Å². The molecule has 0 aromatic rings. The molecule has 0 rings (SSSR count). The first-order valence-electron chi connectivity index (χ1n) is 3.89. The van der Waals surface area contributed by atoms with Crippen LogP contribution in [0.5, 0.6) is 0 Å². The summed E-state index contributed by atoms with van der Waals surface area (Å²) in [6, 6.07) is 0. The Morgan fingerprint density at radius 3 is 0.765 bits per heavy atom. The fraction of sp³-hybridized carbons (Fsp3) is 1.00. The number of hydrogen-bond donors (Lipinski definition) is 0. The highest BCUT2D eigenvalue weighted by Crippen LogP contribution is 2.55. The number of rotatable bonds is 2. The summed E-state index contributed by atoms with van der Waals surface area (Å²) >= 11 is 0. The van der Waals surface area contributed by atoms with E-state index in [0.717, 1.165) is 0 Å². The molecule has 0 spiro atoms. The highest BCUT2D eigenvalue weighted by atomic mass is 19.4. The molecule has 0 aliphatic rings. The number of alkyl halides is 10. The van der Waals surface area contributed by atoms with Crippen LogP contribution in [-0.2, 0) is 0 Å². The molecule has 0 bridgehead atoms. The summed E-state index contributed by atoms with van der Waals surface area (Å²) in [7, 11) is 0. The Labute approximate surface area is 88.6 Å². The Bertz CT molecular complexity index is 252. The quantitative estimate of drug-likeness (QED) is 0.665. The van der Waals surface area contributed by atoms with E-state index in [4.69, 9.17) is 0 Å². The zero-order chi connectivity index (χ0) is 14.5. The molecule has 2 unspecified atom stereocenters. The summed E-state index contributed by atoms with van der Waals surface area (Å²) in [6.45, 7) is -1.70. The molecule has 17 heavy (non-hydrogen) atoms. The van der Waals surface area contributed by atoms with Gasteiger partial charge in [0.2, 0.25) is 0 Å². The second-order valence-electron chi connectivity index (χ2n) is 3.58. The normalized spacial score (nSPS) is 21.9. The molecule has 2 atom stereocenters. The minimum atomic E-state index is -6.35. The third-order valence-corrected chi connectivity index (χ3v) is 2.24. The fourth-order valence-corrected chi connectivity index (χ4v) is 0.797. The van der Waals surface area contributed by atoms with Crippen LogP contribution < -0.4 is 0 Å². The van der Waals surface area contributed by atoms with E-state index >= 15 is 0 Å². The van der Waals surface area contributed by atoms with Gasteiger partial charge in [0.25, 0.3) is 11.3 Å². The molecule has 10 heteroatoms. The van der Waals surface area contributed by atoms with Crippen molar-refractivity contribution in [2.75, 3.05) is 0 Å². The minimum absolute atomic E-state index is 0.851. The lowest BCUT2D eigenvalue weighted by Gasteiger charge is -2.39. The van der Waals surface area contributed by atoms with E-state index in [1.807, 2.05) is 0 Å². The molecule has 0 amide bonds. The highest BCUT2D eigenvalue weighted by Gasteiger charge is 2.81. The minimum Gasteiger partial charge on any atom is -0.227 e. The predicted molar refractivity (Wildman–Crippen MR) is 36.1 cm³/mol. The smallest absolute Gasteiger partial charge is 0.227 e. The van der Waals surface area contributed by atoms with Gasteiger partial charge in [-0.3, -0.25) is 0 Å². The van der Waals surface area contributed by atoms with Gasteiger partial charge in [0, 0.05) is 0 Å².